The fourth-order valence-electron chi connectivity index (χ4n) is 3.65. The molecule has 164 valence electrons. The van der Waals surface area contributed by atoms with Crippen LogP contribution in [0.25, 0.3) is 0 Å². The summed E-state index contributed by atoms with van der Waals surface area (Å²) in [4.78, 5) is 7.00. The molecule has 0 aliphatic carbocycles. The van der Waals surface area contributed by atoms with E-state index in [4.69, 9.17) is 4.74 Å². The van der Waals surface area contributed by atoms with Crippen LogP contribution < -0.4 is 20.3 Å². The number of benzene rings is 1. The van der Waals surface area contributed by atoms with Gasteiger partial charge in [-0.2, -0.15) is 5.10 Å². The van der Waals surface area contributed by atoms with Gasteiger partial charge >= 0.3 is 0 Å². The normalized spacial score (nSPS) is 18.9. The molecule has 30 heavy (non-hydrogen) atoms. The Morgan fingerprint density at radius 1 is 1.40 bits per heavy atom. The van der Waals surface area contributed by atoms with Gasteiger partial charge in [0.2, 0.25) is 0 Å². The maximum absolute atomic E-state index is 10.8. The highest BCUT2D eigenvalue weighted by Crippen LogP contribution is 2.26. The lowest BCUT2D eigenvalue weighted by Gasteiger charge is -2.22. The first-order chi connectivity index (χ1) is 14.4. The molecule has 2 heterocycles. The number of rotatable bonds is 8. The minimum Gasteiger partial charge on any atom is -0.497 e. The van der Waals surface area contributed by atoms with E-state index in [1.807, 2.05) is 32.3 Å². The predicted molar refractivity (Wildman–Crippen MR) is 120 cm³/mol. The van der Waals surface area contributed by atoms with Crippen molar-refractivity contribution < 1.29 is 9.84 Å². The molecule has 8 nitrogen and oxygen atoms in total. The molecule has 0 bridgehead atoms. The van der Waals surface area contributed by atoms with E-state index in [1.165, 1.54) is 5.69 Å². The third kappa shape index (κ3) is 5.66. The number of aliphatic hydroxyl groups is 1. The van der Waals surface area contributed by atoms with Crippen LogP contribution in [0.3, 0.4) is 0 Å². The lowest BCUT2D eigenvalue weighted by molar-refractivity contribution is 0.0671. The van der Waals surface area contributed by atoms with Crippen molar-refractivity contribution in [3.05, 3.63) is 42.2 Å². The number of anilines is 1. The fourth-order valence-corrected chi connectivity index (χ4v) is 3.65. The largest absolute Gasteiger partial charge is 0.497 e. The maximum atomic E-state index is 10.8. The van der Waals surface area contributed by atoms with Crippen molar-refractivity contribution in [3.8, 4) is 5.75 Å². The number of aryl methyl sites for hydroxylation is 1. The minimum absolute atomic E-state index is 0.259. The van der Waals surface area contributed by atoms with Crippen molar-refractivity contribution in [1.82, 2.24) is 20.4 Å². The van der Waals surface area contributed by atoms with Crippen LogP contribution in [-0.2, 0) is 12.6 Å². The number of hydrogen-bond acceptors (Lipinski definition) is 5. The Morgan fingerprint density at radius 3 is 2.93 bits per heavy atom. The number of ether oxygens (including phenoxy) is 1. The highest BCUT2D eigenvalue weighted by Gasteiger charge is 2.25. The summed E-state index contributed by atoms with van der Waals surface area (Å²) in [7, 11) is 3.54. The first-order valence-corrected chi connectivity index (χ1v) is 10.5. The molecule has 1 aliphatic heterocycles. The van der Waals surface area contributed by atoms with Gasteiger partial charge in [0.05, 0.1) is 19.9 Å². The number of nitrogens with zero attached hydrogens (tertiary/aromatic N) is 4. The molecule has 2 atom stereocenters. The quantitative estimate of drug-likeness (QED) is 0.450. The lowest BCUT2D eigenvalue weighted by atomic mass is 10.0. The number of hydrogen-bond donors (Lipinski definition) is 3. The Hall–Kier alpha value is -2.74. The van der Waals surface area contributed by atoms with Crippen molar-refractivity contribution in [1.29, 1.82) is 0 Å². The summed E-state index contributed by atoms with van der Waals surface area (Å²) < 4.78 is 7.03. The smallest absolute Gasteiger partial charge is 0.191 e. The van der Waals surface area contributed by atoms with Gasteiger partial charge < -0.3 is 25.4 Å². The zero-order valence-electron chi connectivity index (χ0n) is 18.4. The van der Waals surface area contributed by atoms with Crippen molar-refractivity contribution >= 4 is 11.6 Å². The zero-order valence-corrected chi connectivity index (χ0v) is 18.4. The van der Waals surface area contributed by atoms with Crippen LogP contribution in [0.2, 0.25) is 0 Å². The summed E-state index contributed by atoms with van der Waals surface area (Å²) in [6.07, 6.45) is 4.63. The first kappa shape index (κ1) is 22.0. The number of aromatic nitrogens is 2. The van der Waals surface area contributed by atoms with E-state index in [2.05, 4.69) is 37.8 Å². The van der Waals surface area contributed by atoms with Gasteiger partial charge in [0.15, 0.2) is 5.96 Å². The second kappa shape index (κ2) is 9.84. The summed E-state index contributed by atoms with van der Waals surface area (Å²) in [5.74, 6) is 2.14. The van der Waals surface area contributed by atoms with Gasteiger partial charge in [0.25, 0.3) is 0 Å². The number of aliphatic imine (C=N–C) groups is 1. The molecule has 1 saturated heterocycles. The molecule has 0 saturated carbocycles. The van der Waals surface area contributed by atoms with E-state index in [0.29, 0.717) is 5.92 Å². The average Bonchev–Trinajstić information content (AvgIpc) is 3.40. The maximum Gasteiger partial charge on any atom is 0.191 e. The summed E-state index contributed by atoms with van der Waals surface area (Å²) in [5, 5.41) is 21.6. The van der Waals surface area contributed by atoms with Gasteiger partial charge in [-0.05, 0) is 38.3 Å². The molecular weight excluding hydrogens is 380 g/mol. The van der Waals surface area contributed by atoms with Crippen molar-refractivity contribution in [2.75, 3.05) is 44.7 Å². The molecular formula is C22H34N6O2. The number of nitrogens with one attached hydrogen (secondary N) is 2. The Bertz CT molecular complexity index is 848. The molecule has 0 amide bonds. The SMILES string of the molecule is CCNC(=NCC(C)(O)c1cnn(C)c1)NCC1CCN(c2cccc(OC)c2)C1. The van der Waals surface area contributed by atoms with Crippen molar-refractivity contribution in [3.63, 3.8) is 0 Å². The van der Waals surface area contributed by atoms with Crippen LogP contribution in [-0.4, -0.2) is 60.7 Å². The highest BCUT2D eigenvalue weighted by atomic mass is 16.5. The van der Waals surface area contributed by atoms with E-state index in [-0.39, 0.29) is 6.54 Å². The van der Waals surface area contributed by atoms with Crippen LogP contribution in [0, 0.1) is 5.92 Å². The van der Waals surface area contributed by atoms with Gasteiger partial charge in [0, 0.05) is 56.7 Å². The van der Waals surface area contributed by atoms with Gasteiger partial charge in [-0.1, -0.05) is 6.07 Å². The summed E-state index contributed by atoms with van der Waals surface area (Å²) in [6.45, 7) is 7.68. The molecule has 8 heteroatoms. The third-order valence-electron chi connectivity index (χ3n) is 5.48. The first-order valence-electron chi connectivity index (χ1n) is 10.5. The molecule has 1 aromatic carbocycles. The van der Waals surface area contributed by atoms with Crippen molar-refractivity contribution in [2.24, 2.45) is 18.0 Å². The molecule has 1 fully saturated rings. The summed E-state index contributed by atoms with van der Waals surface area (Å²) in [6, 6.07) is 8.22. The fraction of sp³-hybridized carbons (Fsp3) is 0.545. The summed E-state index contributed by atoms with van der Waals surface area (Å²) >= 11 is 0. The van der Waals surface area contributed by atoms with E-state index in [1.54, 1.807) is 24.9 Å². The second-order valence-corrected chi connectivity index (χ2v) is 8.05. The predicted octanol–water partition coefficient (Wildman–Crippen LogP) is 1.72. The van der Waals surface area contributed by atoms with Crippen LogP contribution in [0.5, 0.6) is 5.75 Å². The molecule has 3 rings (SSSR count). The standard InChI is InChI=1S/C22H34N6O2/c1-5-23-21(25-16-22(2,29)18-13-26-27(3)15-18)24-12-17-9-10-28(14-17)19-7-6-8-20(11-19)30-4/h6-8,11,13,15,17,29H,5,9-10,12,14,16H2,1-4H3,(H2,23,24,25). The molecule has 2 unspecified atom stereocenters. The molecule has 2 aromatic rings. The van der Waals surface area contributed by atoms with E-state index in [0.717, 1.165) is 49.9 Å². The summed E-state index contributed by atoms with van der Waals surface area (Å²) in [5.41, 5.74) is 0.895. The second-order valence-electron chi connectivity index (χ2n) is 8.05. The average molecular weight is 415 g/mol. The van der Waals surface area contributed by atoms with Gasteiger partial charge in [-0.3, -0.25) is 4.68 Å². The molecule has 0 spiro atoms. The third-order valence-corrected chi connectivity index (χ3v) is 5.48. The van der Waals surface area contributed by atoms with Gasteiger partial charge in [-0.15, -0.1) is 0 Å². The van der Waals surface area contributed by atoms with Gasteiger partial charge in [0.1, 0.15) is 11.4 Å². The Morgan fingerprint density at radius 2 is 2.23 bits per heavy atom. The number of methoxy groups -OCH3 is 1. The van der Waals surface area contributed by atoms with Crippen molar-refractivity contribution in [2.45, 2.75) is 25.9 Å². The van der Waals surface area contributed by atoms with Crippen LogP contribution >= 0.6 is 0 Å². The van der Waals surface area contributed by atoms with E-state index < -0.39 is 5.60 Å². The zero-order chi connectivity index (χ0) is 21.6. The number of guanidine groups is 1. The highest BCUT2D eigenvalue weighted by molar-refractivity contribution is 5.79. The molecule has 0 radical (unpaired) electrons. The van der Waals surface area contributed by atoms with Gasteiger partial charge in [-0.25, -0.2) is 4.99 Å². The monoisotopic (exact) mass is 414 g/mol. The Kier molecular flexibility index (Phi) is 7.20. The lowest BCUT2D eigenvalue weighted by Crippen LogP contribution is -2.41. The molecule has 3 N–H and O–H groups in total. The van der Waals surface area contributed by atoms with E-state index in [9.17, 15) is 5.11 Å². The van der Waals surface area contributed by atoms with Crippen LogP contribution in [0.15, 0.2) is 41.7 Å². The van der Waals surface area contributed by atoms with Crippen LogP contribution in [0.1, 0.15) is 25.8 Å². The topological polar surface area (TPSA) is 86.9 Å². The molecule has 1 aromatic heterocycles. The Labute approximate surface area is 178 Å². The molecule has 1 aliphatic rings. The Balaban J connectivity index is 1.55. The van der Waals surface area contributed by atoms with Crippen LogP contribution in [0.4, 0.5) is 5.69 Å². The van der Waals surface area contributed by atoms with E-state index >= 15 is 0 Å². The minimum atomic E-state index is -1.06.